The molecule has 21 heavy (non-hydrogen) atoms. The molecule has 1 unspecified atom stereocenters. The third-order valence-electron chi connectivity index (χ3n) is 4.40. The number of hydrogen-bond donors (Lipinski definition) is 1. The van der Waals surface area contributed by atoms with E-state index in [4.69, 9.17) is 9.84 Å². The third-order valence-corrected chi connectivity index (χ3v) is 4.40. The Labute approximate surface area is 128 Å². The number of carbonyl (C=O) groups excluding carboxylic acids is 1. The molecule has 1 atom stereocenters. The van der Waals surface area contributed by atoms with Gasteiger partial charge in [-0.15, -0.1) is 0 Å². The maximum absolute atomic E-state index is 11.6. The normalized spacial score (nSPS) is 17.7. The summed E-state index contributed by atoms with van der Waals surface area (Å²) in [7, 11) is 0. The molecule has 4 heteroatoms. The molecule has 0 saturated heterocycles. The second-order valence-electron chi connectivity index (χ2n) is 6.60. The highest BCUT2D eigenvalue weighted by molar-refractivity contribution is 5.76. The van der Waals surface area contributed by atoms with Crippen LogP contribution in [0.5, 0.6) is 0 Å². The zero-order valence-corrected chi connectivity index (χ0v) is 13.5. The van der Waals surface area contributed by atoms with Crippen molar-refractivity contribution in [3.8, 4) is 0 Å². The number of esters is 1. The van der Waals surface area contributed by atoms with Crippen molar-refractivity contribution < 1.29 is 19.4 Å². The molecule has 0 heterocycles. The van der Waals surface area contributed by atoms with E-state index in [-0.39, 0.29) is 30.8 Å². The Kier molecular flexibility index (Phi) is 8.40. The standard InChI is InChI=1S/C17H30O4/c1-13(2)15(21-17(20)12-11-16(18)19)10-6-9-14-7-4-3-5-8-14/h13-15H,3-12H2,1-2H3,(H,18,19). The third kappa shape index (κ3) is 8.08. The van der Waals surface area contributed by atoms with Crippen molar-refractivity contribution in [1.82, 2.24) is 0 Å². The second kappa shape index (κ2) is 9.80. The first-order valence-corrected chi connectivity index (χ1v) is 8.40. The summed E-state index contributed by atoms with van der Waals surface area (Å²) in [5.74, 6) is -0.196. The van der Waals surface area contributed by atoms with Crippen molar-refractivity contribution in [2.75, 3.05) is 0 Å². The Morgan fingerprint density at radius 2 is 1.81 bits per heavy atom. The van der Waals surface area contributed by atoms with Gasteiger partial charge in [0.25, 0.3) is 0 Å². The van der Waals surface area contributed by atoms with Crippen LogP contribution in [-0.4, -0.2) is 23.1 Å². The molecule has 0 radical (unpaired) electrons. The Morgan fingerprint density at radius 1 is 1.14 bits per heavy atom. The van der Waals surface area contributed by atoms with Crippen molar-refractivity contribution in [2.24, 2.45) is 11.8 Å². The summed E-state index contributed by atoms with van der Waals surface area (Å²) in [5, 5.41) is 8.58. The Hall–Kier alpha value is -1.06. The lowest BCUT2D eigenvalue weighted by Crippen LogP contribution is -2.24. The minimum atomic E-state index is -0.953. The van der Waals surface area contributed by atoms with Crippen LogP contribution in [0.3, 0.4) is 0 Å². The van der Waals surface area contributed by atoms with Crippen molar-refractivity contribution in [1.29, 1.82) is 0 Å². The van der Waals surface area contributed by atoms with Gasteiger partial charge < -0.3 is 9.84 Å². The largest absolute Gasteiger partial charge is 0.481 e. The monoisotopic (exact) mass is 298 g/mol. The highest BCUT2D eigenvalue weighted by atomic mass is 16.5. The molecule has 1 aliphatic rings. The minimum absolute atomic E-state index is 0.0266. The van der Waals surface area contributed by atoms with E-state index in [0.29, 0.717) is 0 Å². The summed E-state index contributed by atoms with van der Waals surface area (Å²) in [6, 6.07) is 0. The van der Waals surface area contributed by atoms with Crippen LogP contribution in [0.1, 0.15) is 78.1 Å². The van der Waals surface area contributed by atoms with Gasteiger partial charge >= 0.3 is 11.9 Å². The number of ether oxygens (including phenoxy) is 1. The molecule has 0 aromatic carbocycles. The molecule has 0 aliphatic heterocycles. The van der Waals surface area contributed by atoms with Crippen LogP contribution in [-0.2, 0) is 14.3 Å². The molecule has 0 amide bonds. The average Bonchev–Trinajstić information content (AvgIpc) is 2.45. The van der Waals surface area contributed by atoms with E-state index in [9.17, 15) is 9.59 Å². The Balaban J connectivity index is 2.25. The number of carboxylic acid groups (broad SMARTS) is 1. The molecule has 1 saturated carbocycles. The predicted octanol–water partition coefficient (Wildman–Crippen LogP) is 4.17. The summed E-state index contributed by atoms with van der Waals surface area (Å²) in [5.41, 5.74) is 0. The molecule has 0 spiro atoms. The molecular weight excluding hydrogens is 268 g/mol. The lowest BCUT2D eigenvalue weighted by atomic mass is 9.85. The first-order valence-electron chi connectivity index (χ1n) is 8.40. The number of rotatable bonds is 9. The SMILES string of the molecule is CC(C)C(CCCC1CCCCC1)OC(=O)CCC(=O)O. The molecule has 1 N–H and O–H groups in total. The van der Waals surface area contributed by atoms with Crippen LogP contribution < -0.4 is 0 Å². The van der Waals surface area contributed by atoms with Crippen LogP contribution in [0.25, 0.3) is 0 Å². The van der Waals surface area contributed by atoms with E-state index < -0.39 is 5.97 Å². The summed E-state index contributed by atoms with van der Waals surface area (Å²) in [6.07, 6.45) is 9.79. The second-order valence-corrected chi connectivity index (χ2v) is 6.60. The first kappa shape index (κ1) is 18.0. The smallest absolute Gasteiger partial charge is 0.306 e. The Morgan fingerprint density at radius 3 is 2.38 bits per heavy atom. The van der Waals surface area contributed by atoms with Gasteiger partial charge in [0.15, 0.2) is 0 Å². The van der Waals surface area contributed by atoms with Gasteiger partial charge in [0.2, 0.25) is 0 Å². The fraction of sp³-hybridized carbons (Fsp3) is 0.882. The fourth-order valence-electron chi connectivity index (χ4n) is 3.05. The summed E-state index contributed by atoms with van der Waals surface area (Å²) >= 11 is 0. The van der Waals surface area contributed by atoms with Gasteiger partial charge in [0.1, 0.15) is 6.10 Å². The van der Waals surface area contributed by atoms with Crippen LogP contribution in [0, 0.1) is 11.8 Å². The van der Waals surface area contributed by atoms with E-state index in [2.05, 4.69) is 13.8 Å². The van der Waals surface area contributed by atoms with Gasteiger partial charge in [-0.05, 0) is 24.7 Å². The zero-order valence-electron chi connectivity index (χ0n) is 13.5. The molecule has 0 aromatic heterocycles. The molecule has 0 aromatic rings. The number of carbonyl (C=O) groups is 2. The zero-order chi connectivity index (χ0) is 15.7. The van der Waals surface area contributed by atoms with E-state index in [1.807, 2.05) is 0 Å². The highest BCUT2D eigenvalue weighted by Crippen LogP contribution is 2.28. The van der Waals surface area contributed by atoms with Gasteiger partial charge in [0, 0.05) is 0 Å². The minimum Gasteiger partial charge on any atom is -0.481 e. The van der Waals surface area contributed by atoms with Crippen molar-refractivity contribution in [2.45, 2.75) is 84.2 Å². The lowest BCUT2D eigenvalue weighted by molar-refractivity contribution is -0.154. The average molecular weight is 298 g/mol. The maximum atomic E-state index is 11.6. The molecular formula is C17H30O4. The lowest BCUT2D eigenvalue weighted by Gasteiger charge is -2.24. The van der Waals surface area contributed by atoms with E-state index >= 15 is 0 Å². The van der Waals surface area contributed by atoms with Crippen molar-refractivity contribution >= 4 is 11.9 Å². The topological polar surface area (TPSA) is 63.6 Å². The van der Waals surface area contributed by atoms with E-state index in [0.717, 1.165) is 18.8 Å². The van der Waals surface area contributed by atoms with E-state index in [1.54, 1.807) is 0 Å². The fourth-order valence-corrected chi connectivity index (χ4v) is 3.05. The van der Waals surface area contributed by atoms with Gasteiger partial charge in [-0.2, -0.15) is 0 Å². The maximum Gasteiger partial charge on any atom is 0.306 e. The van der Waals surface area contributed by atoms with Gasteiger partial charge in [-0.1, -0.05) is 52.4 Å². The molecule has 1 aliphatic carbocycles. The van der Waals surface area contributed by atoms with E-state index in [1.165, 1.54) is 38.5 Å². The van der Waals surface area contributed by atoms with Crippen LogP contribution in [0.4, 0.5) is 0 Å². The Bertz CT molecular complexity index is 319. The predicted molar refractivity (Wildman–Crippen MR) is 82.0 cm³/mol. The molecule has 4 nitrogen and oxygen atoms in total. The van der Waals surface area contributed by atoms with Crippen molar-refractivity contribution in [3.63, 3.8) is 0 Å². The van der Waals surface area contributed by atoms with Crippen molar-refractivity contribution in [3.05, 3.63) is 0 Å². The van der Waals surface area contributed by atoms with Crippen LogP contribution in [0.15, 0.2) is 0 Å². The molecule has 122 valence electrons. The summed E-state index contributed by atoms with van der Waals surface area (Å²) in [6.45, 7) is 4.10. The quantitative estimate of drug-likeness (QED) is 0.649. The number of hydrogen-bond acceptors (Lipinski definition) is 3. The molecule has 1 rings (SSSR count). The molecule has 0 bridgehead atoms. The summed E-state index contributed by atoms with van der Waals surface area (Å²) in [4.78, 5) is 22.1. The van der Waals surface area contributed by atoms with Gasteiger partial charge in [-0.3, -0.25) is 9.59 Å². The van der Waals surface area contributed by atoms with Crippen LogP contribution in [0.2, 0.25) is 0 Å². The van der Waals surface area contributed by atoms with Gasteiger partial charge in [-0.25, -0.2) is 0 Å². The van der Waals surface area contributed by atoms with Gasteiger partial charge in [0.05, 0.1) is 12.8 Å². The van der Waals surface area contributed by atoms with Crippen LogP contribution >= 0.6 is 0 Å². The molecule has 1 fully saturated rings. The first-order chi connectivity index (χ1) is 9.99. The number of aliphatic carboxylic acids is 1. The summed E-state index contributed by atoms with van der Waals surface area (Å²) < 4.78 is 5.45. The number of carboxylic acids is 1. The highest BCUT2D eigenvalue weighted by Gasteiger charge is 2.20.